The van der Waals surface area contributed by atoms with Crippen LogP contribution in [0.25, 0.3) is 0 Å². The van der Waals surface area contributed by atoms with Crippen molar-refractivity contribution in [2.75, 3.05) is 5.32 Å². The monoisotopic (exact) mass is 353 g/mol. The van der Waals surface area contributed by atoms with Gasteiger partial charge in [0.15, 0.2) is 0 Å². The third kappa shape index (κ3) is 3.08. The predicted octanol–water partition coefficient (Wildman–Crippen LogP) is 4.08. The quantitative estimate of drug-likeness (QED) is 0.873. The molecule has 0 aliphatic carbocycles. The Morgan fingerprint density at radius 1 is 1.25 bits per heavy atom. The van der Waals surface area contributed by atoms with Crippen LogP contribution in [0, 0.1) is 13.8 Å². The molecule has 2 N–H and O–H groups in total. The van der Waals surface area contributed by atoms with Crippen LogP contribution in [-0.4, -0.2) is 17.0 Å². The molecule has 6 heteroatoms. The zero-order valence-electron chi connectivity index (χ0n) is 10.9. The minimum absolute atomic E-state index is 0.0886. The molecule has 0 aliphatic rings. The van der Waals surface area contributed by atoms with E-state index in [1.54, 1.807) is 25.1 Å². The van der Waals surface area contributed by atoms with Gasteiger partial charge in [0.2, 0.25) is 0 Å². The minimum Gasteiger partial charge on any atom is -0.478 e. The lowest BCUT2D eigenvalue weighted by atomic mass is 10.1. The lowest BCUT2D eigenvalue weighted by Gasteiger charge is -2.08. The van der Waals surface area contributed by atoms with Gasteiger partial charge in [-0.25, -0.2) is 4.79 Å². The molecule has 0 unspecified atom stereocenters. The van der Waals surface area contributed by atoms with Gasteiger partial charge in [-0.15, -0.1) is 11.3 Å². The number of aryl methyl sites for hydroxylation is 2. The van der Waals surface area contributed by atoms with Crippen molar-refractivity contribution in [1.29, 1.82) is 0 Å². The van der Waals surface area contributed by atoms with Crippen molar-refractivity contribution in [1.82, 2.24) is 0 Å². The van der Waals surface area contributed by atoms with Crippen molar-refractivity contribution in [2.45, 2.75) is 13.8 Å². The van der Waals surface area contributed by atoms with E-state index in [0.717, 1.165) is 14.9 Å². The number of thiophene rings is 1. The van der Waals surface area contributed by atoms with Gasteiger partial charge in [-0.3, -0.25) is 4.79 Å². The summed E-state index contributed by atoms with van der Waals surface area (Å²) in [7, 11) is 0. The van der Waals surface area contributed by atoms with Gasteiger partial charge in [0.25, 0.3) is 5.91 Å². The van der Waals surface area contributed by atoms with E-state index in [1.807, 2.05) is 6.92 Å². The highest BCUT2D eigenvalue weighted by Crippen LogP contribution is 2.28. The van der Waals surface area contributed by atoms with Crippen molar-refractivity contribution >= 4 is 44.8 Å². The smallest absolute Gasteiger partial charge is 0.337 e. The number of halogens is 1. The number of nitrogens with one attached hydrogen (secondary N) is 1. The highest BCUT2D eigenvalue weighted by atomic mass is 79.9. The lowest BCUT2D eigenvalue weighted by molar-refractivity contribution is 0.0698. The molecule has 104 valence electrons. The van der Waals surface area contributed by atoms with E-state index in [2.05, 4.69) is 21.2 Å². The molecule has 0 saturated heterocycles. The van der Waals surface area contributed by atoms with Crippen LogP contribution < -0.4 is 5.32 Å². The fourth-order valence-corrected chi connectivity index (χ4v) is 3.13. The van der Waals surface area contributed by atoms with Gasteiger partial charge >= 0.3 is 5.97 Å². The second-order valence-electron chi connectivity index (χ2n) is 4.38. The zero-order chi connectivity index (χ0) is 14.9. The van der Waals surface area contributed by atoms with E-state index in [9.17, 15) is 9.59 Å². The van der Waals surface area contributed by atoms with Crippen LogP contribution in [0.3, 0.4) is 0 Å². The number of aromatic carboxylic acids is 1. The Morgan fingerprint density at radius 3 is 2.50 bits per heavy atom. The van der Waals surface area contributed by atoms with E-state index >= 15 is 0 Å². The summed E-state index contributed by atoms with van der Waals surface area (Å²) in [5, 5.41) is 11.8. The molecule has 4 nitrogen and oxygen atoms in total. The fourth-order valence-electron chi connectivity index (χ4n) is 1.70. The normalized spacial score (nSPS) is 10.3. The number of carbonyl (C=O) groups excluding carboxylic acids is 1. The number of amides is 1. The van der Waals surface area contributed by atoms with E-state index in [1.165, 1.54) is 17.4 Å². The number of carboxylic acid groups (broad SMARTS) is 1. The molecule has 1 aromatic heterocycles. The van der Waals surface area contributed by atoms with Crippen LogP contribution in [0.15, 0.2) is 28.1 Å². The standard InChI is InChI=1S/C14H12BrNO3S/c1-7-3-4-10(9(5-7)14(18)19)16-13(17)11-6-8(2)12(15)20-11/h3-6H,1-2H3,(H,16,17)(H,18,19). The Kier molecular flexibility index (Phi) is 4.25. The number of hydrogen-bond donors (Lipinski definition) is 2. The largest absolute Gasteiger partial charge is 0.478 e. The summed E-state index contributed by atoms with van der Waals surface area (Å²) in [6, 6.07) is 6.66. The van der Waals surface area contributed by atoms with Crippen LogP contribution in [0.5, 0.6) is 0 Å². The Morgan fingerprint density at radius 2 is 1.95 bits per heavy atom. The van der Waals surface area contributed by atoms with Crippen molar-refractivity contribution in [2.24, 2.45) is 0 Å². The first kappa shape index (κ1) is 14.7. The Balaban J connectivity index is 2.30. The van der Waals surface area contributed by atoms with Crippen LogP contribution in [0.4, 0.5) is 5.69 Å². The first-order chi connectivity index (χ1) is 9.38. The van der Waals surface area contributed by atoms with E-state index in [-0.39, 0.29) is 11.5 Å². The molecule has 0 aliphatic heterocycles. The third-order valence-electron chi connectivity index (χ3n) is 2.73. The molecule has 1 aromatic carbocycles. The van der Waals surface area contributed by atoms with Crippen molar-refractivity contribution in [3.63, 3.8) is 0 Å². The van der Waals surface area contributed by atoms with Crippen molar-refractivity contribution in [3.8, 4) is 0 Å². The molecule has 0 spiro atoms. The van der Waals surface area contributed by atoms with Gasteiger partial charge in [-0.2, -0.15) is 0 Å². The average Bonchev–Trinajstić information content (AvgIpc) is 2.71. The maximum atomic E-state index is 12.1. The zero-order valence-corrected chi connectivity index (χ0v) is 13.3. The number of carbonyl (C=O) groups is 2. The molecule has 1 amide bonds. The second kappa shape index (κ2) is 5.76. The van der Waals surface area contributed by atoms with Crippen molar-refractivity contribution in [3.05, 3.63) is 49.6 Å². The molecule has 0 radical (unpaired) electrons. The molecular weight excluding hydrogens is 342 g/mol. The summed E-state index contributed by atoms with van der Waals surface area (Å²) in [6.07, 6.45) is 0. The highest BCUT2D eigenvalue weighted by molar-refractivity contribution is 9.11. The number of hydrogen-bond acceptors (Lipinski definition) is 3. The molecule has 2 aromatic rings. The van der Waals surface area contributed by atoms with Crippen LogP contribution in [0.2, 0.25) is 0 Å². The van der Waals surface area contributed by atoms with Gasteiger partial charge in [-0.05, 0) is 53.5 Å². The molecule has 0 fully saturated rings. The van der Waals surface area contributed by atoms with E-state index < -0.39 is 5.97 Å². The van der Waals surface area contributed by atoms with E-state index in [4.69, 9.17) is 5.11 Å². The summed E-state index contributed by atoms with van der Waals surface area (Å²) in [4.78, 5) is 23.9. The second-order valence-corrected chi connectivity index (χ2v) is 6.75. The average molecular weight is 354 g/mol. The van der Waals surface area contributed by atoms with Gasteiger partial charge in [-0.1, -0.05) is 11.6 Å². The molecule has 20 heavy (non-hydrogen) atoms. The number of anilines is 1. The first-order valence-corrected chi connectivity index (χ1v) is 7.40. The molecule has 1 heterocycles. The van der Waals surface area contributed by atoms with Crippen LogP contribution in [0.1, 0.15) is 31.2 Å². The van der Waals surface area contributed by atoms with Gasteiger partial charge in [0.1, 0.15) is 0 Å². The summed E-state index contributed by atoms with van der Waals surface area (Å²) >= 11 is 4.68. The highest BCUT2D eigenvalue weighted by Gasteiger charge is 2.16. The van der Waals surface area contributed by atoms with Gasteiger partial charge in [0, 0.05) is 0 Å². The Labute approximate surface area is 128 Å². The van der Waals surface area contributed by atoms with Gasteiger partial charge in [0.05, 0.1) is 19.9 Å². The Hall–Kier alpha value is -1.66. The third-order valence-corrected chi connectivity index (χ3v) is 4.87. The summed E-state index contributed by atoms with van der Waals surface area (Å²) in [6.45, 7) is 3.70. The fraction of sp³-hybridized carbons (Fsp3) is 0.143. The molecular formula is C14H12BrNO3S. The number of rotatable bonds is 3. The van der Waals surface area contributed by atoms with Crippen molar-refractivity contribution < 1.29 is 14.7 Å². The van der Waals surface area contributed by atoms with Gasteiger partial charge < -0.3 is 10.4 Å². The maximum absolute atomic E-state index is 12.1. The molecule has 0 saturated carbocycles. The number of carboxylic acids is 1. The summed E-state index contributed by atoms with van der Waals surface area (Å²) < 4.78 is 0.894. The number of benzene rings is 1. The molecule has 2 rings (SSSR count). The maximum Gasteiger partial charge on any atom is 0.337 e. The van der Waals surface area contributed by atoms with Crippen LogP contribution in [-0.2, 0) is 0 Å². The Bertz CT molecular complexity index is 674. The topological polar surface area (TPSA) is 66.4 Å². The summed E-state index contributed by atoms with van der Waals surface area (Å²) in [5.74, 6) is -1.37. The lowest BCUT2D eigenvalue weighted by Crippen LogP contribution is -2.13. The predicted molar refractivity (Wildman–Crippen MR) is 82.8 cm³/mol. The SMILES string of the molecule is Cc1ccc(NC(=O)c2cc(C)c(Br)s2)c(C(=O)O)c1. The summed E-state index contributed by atoms with van der Waals surface area (Å²) in [5.41, 5.74) is 2.19. The molecule has 0 bridgehead atoms. The first-order valence-electron chi connectivity index (χ1n) is 5.79. The molecule has 0 atom stereocenters. The van der Waals surface area contributed by atoms with Crippen LogP contribution >= 0.6 is 27.3 Å². The minimum atomic E-state index is -1.06. The van der Waals surface area contributed by atoms with E-state index in [0.29, 0.717) is 10.6 Å².